The van der Waals surface area contributed by atoms with Gasteiger partial charge in [0, 0.05) is 11.3 Å². The Morgan fingerprint density at radius 3 is 2.19 bits per heavy atom. The van der Waals surface area contributed by atoms with Crippen molar-refractivity contribution in [2.45, 2.75) is 35.3 Å². The minimum absolute atomic E-state index is 0.108. The first kappa shape index (κ1) is 19.7. The van der Waals surface area contributed by atoms with Crippen molar-refractivity contribution in [2.75, 3.05) is 0 Å². The van der Waals surface area contributed by atoms with E-state index in [1.165, 1.54) is 24.3 Å². The number of benzene rings is 2. The summed E-state index contributed by atoms with van der Waals surface area (Å²) in [6.07, 6.45) is 0.0254. The van der Waals surface area contributed by atoms with E-state index in [4.69, 9.17) is 0 Å². The lowest BCUT2D eigenvalue weighted by Crippen LogP contribution is -2.42. The predicted molar refractivity (Wildman–Crippen MR) is 99.6 cm³/mol. The average Bonchev–Trinajstić information content (AvgIpc) is 2.59. The van der Waals surface area contributed by atoms with E-state index < -0.39 is 17.6 Å². The number of allylic oxidation sites excluding steroid dienone is 2. The lowest BCUT2D eigenvalue weighted by Gasteiger charge is -2.31. The number of rotatable bonds is 5. The molecule has 2 aromatic carbocycles. The predicted octanol–water partition coefficient (Wildman–Crippen LogP) is 7.21. The summed E-state index contributed by atoms with van der Waals surface area (Å²) < 4.78 is 67.5. The third kappa shape index (κ3) is 4.10. The Hall–Kier alpha value is -2.08. The number of hydrogen-bond donors (Lipinski definition) is 0. The van der Waals surface area contributed by atoms with Gasteiger partial charge in [0.25, 0.3) is 0 Å². The van der Waals surface area contributed by atoms with Gasteiger partial charge in [0.1, 0.15) is 5.82 Å². The number of hydrogen-bond acceptors (Lipinski definition) is 1. The topological polar surface area (TPSA) is 0 Å². The molecule has 0 atom stereocenters. The zero-order chi connectivity index (χ0) is 19.8. The Morgan fingerprint density at radius 2 is 1.56 bits per heavy atom. The molecule has 0 unspecified atom stereocenters. The highest BCUT2D eigenvalue weighted by atomic mass is 32.2. The summed E-state index contributed by atoms with van der Waals surface area (Å²) in [6, 6.07) is 10.6. The highest BCUT2D eigenvalue weighted by molar-refractivity contribution is 8.00. The van der Waals surface area contributed by atoms with Crippen LogP contribution in [0.3, 0.4) is 0 Å². The smallest absolute Gasteiger partial charge is 0.207 e. The van der Waals surface area contributed by atoms with Crippen molar-refractivity contribution in [1.82, 2.24) is 0 Å². The largest absolute Gasteiger partial charge is 0.360 e. The molecule has 0 aromatic heterocycles. The van der Waals surface area contributed by atoms with E-state index in [0.29, 0.717) is 29.5 Å². The van der Waals surface area contributed by atoms with E-state index in [9.17, 15) is 22.0 Å². The third-order valence-corrected chi connectivity index (χ3v) is 5.67. The standard InChI is InChI=1S/C21H17F5S/c1-13(15-4-3-5-18(22)10-15)6-7-14(2)16-8-9-17-12-20(23,24)21(25,26)27-19(17)11-16/h3-5,8-11H,1-2,6-7,12H2. The molecule has 142 valence electrons. The van der Waals surface area contributed by atoms with E-state index in [2.05, 4.69) is 13.2 Å². The van der Waals surface area contributed by atoms with E-state index in [-0.39, 0.29) is 28.0 Å². The second kappa shape index (κ2) is 7.15. The van der Waals surface area contributed by atoms with Gasteiger partial charge in [0.15, 0.2) is 0 Å². The van der Waals surface area contributed by atoms with Crippen LogP contribution in [0.25, 0.3) is 11.1 Å². The molecule has 6 heteroatoms. The first-order valence-electron chi connectivity index (χ1n) is 8.28. The Morgan fingerprint density at radius 1 is 0.926 bits per heavy atom. The molecule has 0 bridgehead atoms. The van der Waals surface area contributed by atoms with E-state index in [1.807, 2.05) is 0 Å². The van der Waals surface area contributed by atoms with Gasteiger partial charge in [-0.25, -0.2) is 4.39 Å². The van der Waals surface area contributed by atoms with Crippen LogP contribution in [-0.4, -0.2) is 11.2 Å². The summed E-state index contributed by atoms with van der Waals surface area (Å²) in [5.41, 5.74) is 2.92. The molecular weight excluding hydrogens is 379 g/mol. The van der Waals surface area contributed by atoms with Gasteiger partial charge in [0.05, 0.1) is 0 Å². The fourth-order valence-corrected chi connectivity index (χ4v) is 3.82. The second-order valence-electron chi connectivity index (χ2n) is 6.54. The van der Waals surface area contributed by atoms with Crippen LogP contribution in [0.4, 0.5) is 22.0 Å². The monoisotopic (exact) mass is 396 g/mol. The fourth-order valence-electron chi connectivity index (χ4n) is 2.87. The van der Waals surface area contributed by atoms with Gasteiger partial charge in [-0.2, -0.15) is 17.6 Å². The summed E-state index contributed by atoms with van der Waals surface area (Å²) in [4.78, 5) is 0.147. The Kier molecular flexibility index (Phi) is 5.21. The maximum Gasteiger partial charge on any atom is 0.360 e. The second-order valence-corrected chi connectivity index (χ2v) is 7.70. The number of halogens is 5. The molecule has 0 fully saturated rings. The minimum Gasteiger partial charge on any atom is -0.207 e. The molecule has 0 nitrogen and oxygen atoms in total. The van der Waals surface area contributed by atoms with E-state index >= 15 is 0 Å². The van der Waals surface area contributed by atoms with Gasteiger partial charge in [0.2, 0.25) is 0 Å². The highest BCUT2D eigenvalue weighted by Crippen LogP contribution is 2.53. The lowest BCUT2D eigenvalue weighted by molar-refractivity contribution is -0.153. The van der Waals surface area contributed by atoms with Crippen LogP contribution >= 0.6 is 11.8 Å². The van der Waals surface area contributed by atoms with Crippen molar-refractivity contribution in [3.05, 3.63) is 78.1 Å². The molecule has 0 amide bonds. The Bertz CT molecular complexity index is 901. The number of fused-ring (bicyclic) bond motifs is 1. The maximum atomic E-state index is 13.6. The van der Waals surface area contributed by atoms with Crippen LogP contribution in [0.15, 0.2) is 60.5 Å². The molecule has 0 spiro atoms. The Balaban J connectivity index is 1.71. The summed E-state index contributed by atoms with van der Waals surface area (Å²) >= 11 is -0.108. The molecule has 0 radical (unpaired) electrons. The van der Waals surface area contributed by atoms with Crippen molar-refractivity contribution in [3.63, 3.8) is 0 Å². The van der Waals surface area contributed by atoms with Crippen LogP contribution in [0.1, 0.15) is 29.5 Å². The number of alkyl halides is 4. The first-order valence-corrected chi connectivity index (χ1v) is 9.10. The van der Waals surface area contributed by atoms with Crippen LogP contribution in [0, 0.1) is 5.82 Å². The van der Waals surface area contributed by atoms with Gasteiger partial charge < -0.3 is 0 Å². The lowest BCUT2D eigenvalue weighted by atomic mass is 9.95. The van der Waals surface area contributed by atoms with Crippen molar-refractivity contribution < 1.29 is 22.0 Å². The fraction of sp³-hybridized carbons (Fsp3) is 0.238. The normalized spacial score (nSPS) is 17.2. The third-order valence-electron chi connectivity index (χ3n) is 4.51. The van der Waals surface area contributed by atoms with Gasteiger partial charge >= 0.3 is 11.2 Å². The van der Waals surface area contributed by atoms with Crippen LogP contribution in [0.5, 0.6) is 0 Å². The zero-order valence-electron chi connectivity index (χ0n) is 14.4. The van der Waals surface area contributed by atoms with Crippen molar-refractivity contribution in [1.29, 1.82) is 0 Å². The van der Waals surface area contributed by atoms with Crippen molar-refractivity contribution in [2.24, 2.45) is 0 Å². The molecule has 2 aromatic rings. The van der Waals surface area contributed by atoms with Gasteiger partial charge in [-0.3, -0.25) is 0 Å². The molecule has 0 aliphatic carbocycles. The van der Waals surface area contributed by atoms with Gasteiger partial charge in [-0.1, -0.05) is 37.4 Å². The summed E-state index contributed by atoms with van der Waals surface area (Å²) in [7, 11) is 0. The molecular formula is C21H17F5S. The molecule has 1 heterocycles. The van der Waals surface area contributed by atoms with Crippen LogP contribution in [0.2, 0.25) is 0 Å². The highest BCUT2D eigenvalue weighted by Gasteiger charge is 2.59. The van der Waals surface area contributed by atoms with E-state index in [1.54, 1.807) is 18.2 Å². The molecule has 0 N–H and O–H groups in total. The summed E-state index contributed by atoms with van der Waals surface area (Å²) in [6.45, 7) is 7.90. The summed E-state index contributed by atoms with van der Waals surface area (Å²) in [5.74, 6) is -4.41. The maximum absolute atomic E-state index is 13.6. The molecule has 1 aliphatic rings. The molecule has 0 saturated carbocycles. The van der Waals surface area contributed by atoms with Crippen LogP contribution in [-0.2, 0) is 6.42 Å². The Labute approximate surface area is 158 Å². The number of thioether (sulfide) groups is 1. The van der Waals surface area contributed by atoms with E-state index in [0.717, 1.165) is 5.57 Å². The molecule has 27 heavy (non-hydrogen) atoms. The van der Waals surface area contributed by atoms with Crippen LogP contribution < -0.4 is 0 Å². The average molecular weight is 396 g/mol. The molecule has 3 rings (SSSR count). The zero-order valence-corrected chi connectivity index (χ0v) is 15.2. The SMILES string of the molecule is C=C(CCC(=C)c1ccc2c(c1)SC(F)(F)C(F)(F)C2)c1cccc(F)c1. The van der Waals surface area contributed by atoms with Gasteiger partial charge in [-0.15, -0.1) is 0 Å². The quantitative estimate of drug-likeness (QED) is 0.481. The molecule has 0 saturated heterocycles. The van der Waals surface area contributed by atoms with Crippen molar-refractivity contribution in [3.8, 4) is 0 Å². The molecule has 1 aliphatic heterocycles. The van der Waals surface area contributed by atoms with Crippen molar-refractivity contribution >= 4 is 22.9 Å². The summed E-state index contributed by atoms with van der Waals surface area (Å²) in [5, 5.41) is -4.13. The van der Waals surface area contributed by atoms with Gasteiger partial charge in [-0.05, 0) is 70.6 Å². The first-order chi connectivity index (χ1) is 12.6. The minimum atomic E-state index is -4.13.